The lowest BCUT2D eigenvalue weighted by Crippen LogP contribution is -2.33. The SMILES string of the molecule is CCn1c(SCC(=O)Nc2cc(C)cc(C)c2)nnc1[C@H](NC(=O)c1ccccc1)C(C)C. The van der Waals surface area contributed by atoms with Gasteiger partial charge in [0.25, 0.3) is 5.91 Å². The fourth-order valence-corrected chi connectivity index (χ4v) is 4.46. The number of nitrogens with one attached hydrogen (secondary N) is 2. The lowest BCUT2D eigenvalue weighted by atomic mass is 10.0. The van der Waals surface area contributed by atoms with Gasteiger partial charge >= 0.3 is 0 Å². The van der Waals surface area contributed by atoms with Crippen LogP contribution in [0.1, 0.15) is 54.1 Å². The van der Waals surface area contributed by atoms with Crippen molar-refractivity contribution >= 4 is 29.3 Å². The number of rotatable bonds is 9. The van der Waals surface area contributed by atoms with E-state index in [2.05, 4.69) is 26.9 Å². The average molecular weight is 466 g/mol. The Morgan fingerprint density at radius 3 is 2.30 bits per heavy atom. The third-order valence-corrected chi connectivity index (χ3v) is 6.13. The van der Waals surface area contributed by atoms with Crippen LogP contribution >= 0.6 is 11.8 Å². The van der Waals surface area contributed by atoms with Crippen LogP contribution in [0.2, 0.25) is 0 Å². The number of aromatic nitrogens is 3. The van der Waals surface area contributed by atoms with Gasteiger partial charge in [-0.2, -0.15) is 0 Å². The summed E-state index contributed by atoms with van der Waals surface area (Å²) >= 11 is 1.34. The molecule has 1 heterocycles. The van der Waals surface area contributed by atoms with Crippen LogP contribution in [0.5, 0.6) is 0 Å². The molecular weight excluding hydrogens is 434 g/mol. The molecule has 0 unspecified atom stereocenters. The van der Waals surface area contributed by atoms with Gasteiger partial charge in [-0.3, -0.25) is 9.59 Å². The standard InChI is InChI=1S/C25H31N5O2S/c1-6-30-23(22(16(2)3)27-24(32)19-10-8-7-9-11-19)28-29-25(30)33-15-21(31)26-20-13-17(4)12-18(5)14-20/h7-14,16,22H,6,15H2,1-5H3,(H,26,31)(H,27,32)/t22-/m1/s1. The first kappa shape index (κ1) is 24.5. The van der Waals surface area contributed by atoms with E-state index in [4.69, 9.17) is 0 Å². The second-order valence-corrected chi connectivity index (χ2v) is 9.30. The zero-order valence-electron chi connectivity index (χ0n) is 19.8. The van der Waals surface area contributed by atoms with Crippen molar-refractivity contribution in [1.82, 2.24) is 20.1 Å². The first-order chi connectivity index (χ1) is 15.8. The van der Waals surface area contributed by atoms with Crippen LogP contribution in [-0.4, -0.2) is 32.3 Å². The molecule has 0 saturated heterocycles. The summed E-state index contributed by atoms with van der Waals surface area (Å²) in [5.74, 6) is 0.761. The van der Waals surface area contributed by atoms with Gasteiger partial charge in [0.15, 0.2) is 11.0 Å². The summed E-state index contributed by atoms with van der Waals surface area (Å²) in [4.78, 5) is 25.3. The molecule has 0 bridgehead atoms. The third kappa shape index (κ3) is 6.44. The van der Waals surface area contributed by atoms with Crippen LogP contribution in [0.15, 0.2) is 53.7 Å². The van der Waals surface area contributed by atoms with Crippen molar-refractivity contribution in [3.63, 3.8) is 0 Å². The topological polar surface area (TPSA) is 88.9 Å². The van der Waals surface area contributed by atoms with E-state index in [9.17, 15) is 9.59 Å². The first-order valence-corrected chi connectivity index (χ1v) is 12.1. The Bertz CT molecular complexity index is 1090. The Morgan fingerprint density at radius 1 is 1.03 bits per heavy atom. The number of benzene rings is 2. The highest BCUT2D eigenvalue weighted by Crippen LogP contribution is 2.26. The molecule has 174 valence electrons. The molecule has 0 aliphatic heterocycles. The third-order valence-electron chi connectivity index (χ3n) is 5.17. The molecule has 3 aromatic rings. The zero-order valence-corrected chi connectivity index (χ0v) is 20.6. The molecule has 1 aromatic heterocycles. The van der Waals surface area contributed by atoms with Gasteiger partial charge in [0.1, 0.15) is 0 Å². The predicted molar refractivity (Wildman–Crippen MR) is 132 cm³/mol. The lowest BCUT2D eigenvalue weighted by molar-refractivity contribution is -0.113. The summed E-state index contributed by atoms with van der Waals surface area (Å²) in [5.41, 5.74) is 3.60. The molecule has 8 heteroatoms. The normalized spacial score (nSPS) is 11.9. The summed E-state index contributed by atoms with van der Waals surface area (Å²) < 4.78 is 1.96. The summed E-state index contributed by atoms with van der Waals surface area (Å²) in [7, 11) is 0. The molecule has 0 spiro atoms. The fourth-order valence-electron chi connectivity index (χ4n) is 3.65. The number of thioether (sulfide) groups is 1. The van der Waals surface area contributed by atoms with E-state index in [-0.39, 0.29) is 29.5 Å². The van der Waals surface area contributed by atoms with Gasteiger partial charge in [0.05, 0.1) is 11.8 Å². The van der Waals surface area contributed by atoms with E-state index < -0.39 is 0 Å². The Hall–Kier alpha value is -3.13. The molecule has 0 radical (unpaired) electrons. The predicted octanol–water partition coefficient (Wildman–Crippen LogP) is 4.77. The largest absolute Gasteiger partial charge is 0.342 e. The molecule has 2 aromatic carbocycles. The van der Waals surface area contributed by atoms with Gasteiger partial charge in [0.2, 0.25) is 5.91 Å². The Balaban J connectivity index is 1.70. The number of aryl methyl sites for hydroxylation is 2. The molecule has 3 rings (SSSR count). The maximum Gasteiger partial charge on any atom is 0.251 e. The molecule has 0 fully saturated rings. The molecule has 2 N–H and O–H groups in total. The highest BCUT2D eigenvalue weighted by molar-refractivity contribution is 7.99. The molecular formula is C25H31N5O2S. The summed E-state index contributed by atoms with van der Waals surface area (Å²) in [6.45, 7) is 10.7. The van der Waals surface area contributed by atoms with E-state index in [0.29, 0.717) is 23.1 Å². The van der Waals surface area contributed by atoms with Crippen molar-refractivity contribution in [1.29, 1.82) is 0 Å². The summed E-state index contributed by atoms with van der Waals surface area (Å²) in [6.07, 6.45) is 0. The van der Waals surface area contributed by atoms with Gasteiger partial charge in [-0.15, -0.1) is 10.2 Å². The van der Waals surface area contributed by atoms with Gasteiger partial charge < -0.3 is 15.2 Å². The Labute approximate surface area is 199 Å². The van der Waals surface area contributed by atoms with E-state index in [1.807, 2.05) is 69.5 Å². The molecule has 7 nitrogen and oxygen atoms in total. The lowest BCUT2D eigenvalue weighted by Gasteiger charge is -2.22. The van der Waals surface area contributed by atoms with Gasteiger partial charge in [-0.25, -0.2) is 0 Å². The van der Waals surface area contributed by atoms with Crippen LogP contribution in [0.4, 0.5) is 5.69 Å². The van der Waals surface area contributed by atoms with Crippen molar-refractivity contribution in [2.75, 3.05) is 11.1 Å². The molecule has 1 atom stereocenters. The Kier molecular flexibility index (Phi) is 8.27. The van der Waals surface area contributed by atoms with E-state index in [0.717, 1.165) is 16.8 Å². The van der Waals surface area contributed by atoms with E-state index >= 15 is 0 Å². The minimum atomic E-state index is -0.302. The highest BCUT2D eigenvalue weighted by atomic mass is 32.2. The molecule has 0 aliphatic rings. The van der Waals surface area contributed by atoms with Crippen molar-refractivity contribution in [3.05, 3.63) is 71.0 Å². The molecule has 33 heavy (non-hydrogen) atoms. The minimum Gasteiger partial charge on any atom is -0.342 e. The quantitative estimate of drug-likeness (QED) is 0.444. The minimum absolute atomic E-state index is 0.102. The number of anilines is 1. The number of carbonyl (C=O) groups excluding carboxylic acids is 2. The second-order valence-electron chi connectivity index (χ2n) is 8.36. The van der Waals surface area contributed by atoms with Gasteiger partial charge in [-0.05, 0) is 62.1 Å². The van der Waals surface area contributed by atoms with Crippen LogP contribution < -0.4 is 10.6 Å². The molecule has 0 aliphatic carbocycles. The average Bonchev–Trinajstić information content (AvgIpc) is 3.18. The zero-order chi connectivity index (χ0) is 24.0. The number of amides is 2. The van der Waals surface area contributed by atoms with E-state index in [1.165, 1.54) is 11.8 Å². The van der Waals surface area contributed by atoms with Crippen molar-refractivity contribution < 1.29 is 9.59 Å². The van der Waals surface area contributed by atoms with Crippen molar-refractivity contribution in [2.24, 2.45) is 5.92 Å². The van der Waals surface area contributed by atoms with Crippen LogP contribution in [0.3, 0.4) is 0 Å². The smallest absolute Gasteiger partial charge is 0.251 e. The van der Waals surface area contributed by atoms with Crippen molar-refractivity contribution in [3.8, 4) is 0 Å². The number of nitrogens with zero attached hydrogens (tertiary/aromatic N) is 3. The van der Waals surface area contributed by atoms with Crippen LogP contribution in [-0.2, 0) is 11.3 Å². The Morgan fingerprint density at radius 2 is 1.70 bits per heavy atom. The maximum absolute atomic E-state index is 12.7. The van der Waals surface area contributed by atoms with Gasteiger partial charge in [0, 0.05) is 17.8 Å². The van der Waals surface area contributed by atoms with Crippen molar-refractivity contribution in [2.45, 2.75) is 52.4 Å². The first-order valence-electron chi connectivity index (χ1n) is 11.1. The molecule has 2 amide bonds. The summed E-state index contributed by atoms with van der Waals surface area (Å²) in [5, 5.41) is 15.4. The maximum atomic E-state index is 12.7. The van der Waals surface area contributed by atoms with Crippen LogP contribution in [0, 0.1) is 19.8 Å². The fraction of sp³-hybridized carbons (Fsp3) is 0.360. The van der Waals surface area contributed by atoms with Crippen LogP contribution in [0.25, 0.3) is 0 Å². The number of carbonyl (C=O) groups is 2. The summed E-state index contributed by atoms with van der Waals surface area (Å²) in [6, 6.07) is 14.8. The van der Waals surface area contributed by atoms with Gasteiger partial charge in [-0.1, -0.05) is 49.9 Å². The number of hydrogen-bond donors (Lipinski definition) is 2. The van der Waals surface area contributed by atoms with E-state index in [1.54, 1.807) is 12.1 Å². The second kappa shape index (κ2) is 11.1. The monoisotopic (exact) mass is 465 g/mol. The highest BCUT2D eigenvalue weighted by Gasteiger charge is 2.26. The number of hydrogen-bond acceptors (Lipinski definition) is 5. The molecule has 0 saturated carbocycles.